The van der Waals surface area contributed by atoms with Crippen LogP contribution < -0.4 is 9.41 Å². The molecule has 1 aliphatic rings. The minimum atomic E-state index is -3.83. The third-order valence-electron chi connectivity index (χ3n) is 3.55. The number of carboxylic acids is 1. The maximum Gasteiger partial charge on any atom is 0.264 e. The molecule has 0 saturated carbocycles. The molecule has 0 aromatic heterocycles. The van der Waals surface area contributed by atoms with E-state index in [4.69, 9.17) is 0 Å². The van der Waals surface area contributed by atoms with Crippen LogP contribution in [0.5, 0.6) is 0 Å². The summed E-state index contributed by atoms with van der Waals surface area (Å²) in [6.07, 6.45) is 0.721. The van der Waals surface area contributed by atoms with E-state index in [-0.39, 0.29) is 10.5 Å². The van der Waals surface area contributed by atoms with Crippen LogP contribution in [0.15, 0.2) is 58.3 Å². The van der Waals surface area contributed by atoms with Crippen molar-refractivity contribution >= 4 is 33.4 Å². The molecule has 23 heavy (non-hydrogen) atoms. The molecule has 7 heteroatoms. The first-order valence-electron chi connectivity index (χ1n) is 7.06. The summed E-state index contributed by atoms with van der Waals surface area (Å²) in [5.41, 5.74) is 0.484. The number of sulfonamides is 1. The van der Waals surface area contributed by atoms with Gasteiger partial charge in [-0.05, 0) is 42.0 Å². The van der Waals surface area contributed by atoms with Crippen LogP contribution in [0.3, 0.4) is 0 Å². The molecule has 2 aromatic carbocycles. The number of fused-ring (bicyclic) bond motifs is 1. The molecule has 3 rings (SSSR count). The van der Waals surface area contributed by atoms with E-state index in [0.717, 1.165) is 23.1 Å². The number of nitrogens with zero attached hydrogens (tertiary/aromatic N) is 1. The van der Waals surface area contributed by atoms with Crippen LogP contribution in [0, 0.1) is 0 Å². The van der Waals surface area contributed by atoms with Gasteiger partial charge >= 0.3 is 0 Å². The van der Waals surface area contributed by atoms with Crippen molar-refractivity contribution in [1.29, 1.82) is 0 Å². The van der Waals surface area contributed by atoms with Crippen LogP contribution in [0.1, 0.15) is 16.8 Å². The fraction of sp³-hybridized carbons (Fsp3) is 0.188. The van der Waals surface area contributed by atoms with Crippen LogP contribution in [0.4, 0.5) is 5.69 Å². The number of hydrogen-bond acceptors (Lipinski definition) is 5. The normalized spacial score (nSPS) is 14.9. The van der Waals surface area contributed by atoms with Crippen LogP contribution in [0.2, 0.25) is 0 Å². The first-order valence-corrected chi connectivity index (χ1v) is 9.49. The standard InChI is InChI=1S/C16H15NO4S2/c18-16(19)12-5-3-6-13(11-12)23(20,21)17-9-4-10-22-15-8-2-1-7-14(15)17/h1-3,5-8,11H,4,9-10H2,(H,18,19)/p-1. The van der Waals surface area contributed by atoms with Crippen molar-refractivity contribution in [2.75, 3.05) is 16.6 Å². The summed E-state index contributed by atoms with van der Waals surface area (Å²) >= 11 is 1.62. The topological polar surface area (TPSA) is 77.5 Å². The number of rotatable bonds is 3. The first-order chi connectivity index (χ1) is 11.0. The average Bonchev–Trinajstić information content (AvgIpc) is 2.77. The Balaban J connectivity index is 2.09. The van der Waals surface area contributed by atoms with E-state index >= 15 is 0 Å². The third-order valence-corrected chi connectivity index (χ3v) is 6.51. The Morgan fingerprint density at radius 3 is 2.70 bits per heavy atom. The van der Waals surface area contributed by atoms with Gasteiger partial charge in [-0.2, -0.15) is 0 Å². The van der Waals surface area contributed by atoms with Gasteiger partial charge in [0.1, 0.15) is 0 Å². The highest BCUT2D eigenvalue weighted by molar-refractivity contribution is 7.99. The lowest BCUT2D eigenvalue weighted by Crippen LogP contribution is -2.32. The number of carbonyl (C=O) groups is 1. The summed E-state index contributed by atoms with van der Waals surface area (Å²) in [6.45, 7) is 0.363. The minimum absolute atomic E-state index is 0.0408. The summed E-state index contributed by atoms with van der Waals surface area (Å²) in [4.78, 5) is 11.9. The summed E-state index contributed by atoms with van der Waals surface area (Å²) < 4.78 is 27.3. The molecule has 0 amide bonds. The number of para-hydroxylation sites is 1. The van der Waals surface area contributed by atoms with Crippen LogP contribution in [-0.4, -0.2) is 26.7 Å². The molecule has 0 bridgehead atoms. The van der Waals surface area contributed by atoms with Crippen LogP contribution in [0.25, 0.3) is 0 Å². The zero-order valence-corrected chi connectivity index (χ0v) is 13.8. The van der Waals surface area contributed by atoms with Gasteiger partial charge in [-0.25, -0.2) is 8.42 Å². The molecule has 120 valence electrons. The zero-order chi connectivity index (χ0) is 16.4. The van der Waals surface area contributed by atoms with Gasteiger partial charge in [-0.3, -0.25) is 4.31 Å². The molecular formula is C16H14NO4S2-. The van der Waals surface area contributed by atoms with Gasteiger partial charge in [-0.15, -0.1) is 11.8 Å². The van der Waals surface area contributed by atoms with Crippen LogP contribution >= 0.6 is 11.8 Å². The lowest BCUT2D eigenvalue weighted by atomic mass is 10.2. The minimum Gasteiger partial charge on any atom is -0.545 e. The van der Waals surface area contributed by atoms with E-state index in [1.54, 1.807) is 23.9 Å². The number of carbonyl (C=O) groups excluding carboxylic acids is 1. The summed E-state index contributed by atoms with van der Waals surface area (Å²) in [5, 5.41) is 11.0. The van der Waals surface area contributed by atoms with Crippen molar-refractivity contribution in [2.24, 2.45) is 0 Å². The number of carboxylic acid groups (broad SMARTS) is 1. The van der Waals surface area contributed by atoms with Crippen LogP contribution in [-0.2, 0) is 10.0 Å². The fourth-order valence-corrected chi connectivity index (χ4v) is 5.08. The average molecular weight is 348 g/mol. The molecule has 1 heterocycles. The molecule has 0 saturated heterocycles. The van der Waals surface area contributed by atoms with E-state index in [1.165, 1.54) is 22.5 Å². The van der Waals surface area contributed by atoms with E-state index in [2.05, 4.69) is 0 Å². The number of anilines is 1. The van der Waals surface area contributed by atoms with E-state index in [0.29, 0.717) is 12.2 Å². The second kappa shape index (κ2) is 6.25. The maximum absolute atomic E-state index is 13.0. The van der Waals surface area contributed by atoms with Gasteiger partial charge in [0.2, 0.25) is 0 Å². The summed E-state index contributed by atoms with van der Waals surface area (Å²) in [6, 6.07) is 12.6. The van der Waals surface area contributed by atoms with Gasteiger partial charge in [0.05, 0.1) is 16.6 Å². The number of hydrogen-bond donors (Lipinski definition) is 0. The molecule has 0 aliphatic carbocycles. The molecule has 0 fully saturated rings. The second-order valence-electron chi connectivity index (χ2n) is 5.06. The monoisotopic (exact) mass is 348 g/mol. The lowest BCUT2D eigenvalue weighted by Gasteiger charge is -2.24. The van der Waals surface area contributed by atoms with Gasteiger partial charge in [0.25, 0.3) is 10.0 Å². The molecule has 0 unspecified atom stereocenters. The van der Waals surface area contributed by atoms with Gasteiger partial charge in [0, 0.05) is 11.4 Å². The van der Waals surface area contributed by atoms with Gasteiger partial charge < -0.3 is 9.90 Å². The molecule has 0 atom stereocenters. The molecule has 2 aromatic rings. The van der Waals surface area contributed by atoms with Crippen molar-refractivity contribution in [3.05, 3.63) is 54.1 Å². The molecule has 0 spiro atoms. The highest BCUT2D eigenvalue weighted by atomic mass is 32.2. The highest BCUT2D eigenvalue weighted by Crippen LogP contribution is 2.36. The van der Waals surface area contributed by atoms with Gasteiger partial charge in [-0.1, -0.05) is 24.3 Å². The number of aromatic carboxylic acids is 1. The quantitative estimate of drug-likeness (QED) is 0.844. The molecule has 0 N–H and O–H groups in total. The van der Waals surface area contributed by atoms with E-state index in [9.17, 15) is 18.3 Å². The summed E-state index contributed by atoms with van der Waals surface area (Å²) in [5.74, 6) is -0.559. The molecule has 0 radical (unpaired) electrons. The number of benzene rings is 2. The Kier molecular flexibility index (Phi) is 4.32. The predicted octanol–water partition coefficient (Wildman–Crippen LogP) is 1.74. The third kappa shape index (κ3) is 3.07. The second-order valence-corrected chi connectivity index (χ2v) is 8.06. The molecule has 5 nitrogen and oxygen atoms in total. The van der Waals surface area contributed by atoms with Gasteiger partial charge in [0.15, 0.2) is 0 Å². The molecular weight excluding hydrogens is 334 g/mol. The Hall–Kier alpha value is -1.99. The Morgan fingerprint density at radius 1 is 1.13 bits per heavy atom. The molecule has 1 aliphatic heterocycles. The Bertz CT molecular complexity index is 849. The SMILES string of the molecule is O=C([O-])c1cccc(S(=O)(=O)N2CCCSc3ccccc32)c1. The van der Waals surface area contributed by atoms with E-state index in [1.807, 2.05) is 12.1 Å². The van der Waals surface area contributed by atoms with Crippen molar-refractivity contribution in [2.45, 2.75) is 16.2 Å². The van der Waals surface area contributed by atoms with Crippen molar-refractivity contribution in [3.63, 3.8) is 0 Å². The lowest BCUT2D eigenvalue weighted by molar-refractivity contribution is -0.255. The predicted molar refractivity (Wildman–Crippen MR) is 87.1 cm³/mol. The zero-order valence-electron chi connectivity index (χ0n) is 12.1. The first kappa shape index (κ1) is 15.9. The van der Waals surface area contributed by atoms with Crippen molar-refractivity contribution < 1.29 is 18.3 Å². The van der Waals surface area contributed by atoms with Crippen molar-refractivity contribution in [3.8, 4) is 0 Å². The maximum atomic E-state index is 13.0. The largest absolute Gasteiger partial charge is 0.545 e. The summed E-state index contributed by atoms with van der Waals surface area (Å²) in [7, 11) is -3.83. The Labute approximate surface area is 139 Å². The van der Waals surface area contributed by atoms with Crippen molar-refractivity contribution in [1.82, 2.24) is 0 Å². The smallest absolute Gasteiger partial charge is 0.264 e. The Morgan fingerprint density at radius 2 is 1.91 bits per heavy atom. The fourth-order valence-electron chi connectivity index (χ4n) is 2.46. The number of thioether (sulfide) groups is 1. The van der Waals surface area contributed by atoms with E-state index < -0.39 is 16.0 Å². The highest BCUT2D eigenvalue weighted by Gasteiger charge is 2.28.